The molecular formula is C19H18N4O2. The lowest BCUT2D eigenvalue weighted by atomic mass is 10.1. The first-order valence-electron chi connectivity index (χ1n) is 7.58. The summed E-state index contributed by atoms with van der Waals surface area (Å²) in [5.74, 6) is 0.469. The zero-order valence-corrected chi connectivity index (χ0v) is 13.8. The van der Waals surface area contributed by atoms with Crippen LogP contribution >= 0.6 is 0 Å². The number of amides is 2. The lowest BCUT2D eigenvalue weighted by Crippen LogP contribution is -2.27. The Balaban J connectivity index is 2.22. The number of nitrogens with two attached hydrogens (primary N) is 1. The van der Waals surface area contributed by atoms with Crippen LogP contribution in [-0.2, 0) is 4.74 Å². The number of nitrogens with one attached hydrogen (secondary N) is 1. The number of urea groups is 1. The van der Waals surface area contributed by atoms with E-state index >= 15 is 0 Å². The van der Waals surface area contributed by atoms with Crippen LogP contribution in [0.3, 0.4) is 0 Å². The van der Waals surface area contributed by atoms with Gasteiger partial charge in [-0.1, -0.05) is 60.7 Å². The molecule has 2 amide bonds. The van der Waals surface area contributed by atoms with Crippen molar-refractivity contribution in [3.05, 3.63) is 77.5 Å². The Morgan fingerprint density at radius 3 is 2.20 bits per heavy atom. The van der Waals surface area contributed by atoms with Crippen molar-refractivity contribution in [2.24, 2.45) is 10.8 Å². The summed E-state index contributed by atoms with van der Waals surface area (Å²) >= 11 is 0. The van der Waals surface area contributed by atoms with Gasteiger partial charge in [0, 0.05) is 5.56 Å². The normalized spacial score (nSPS) is 11.9. The van der Waals surface area contributed by atoms with Gasteiger partial charge in [-0.15, -0.1) is 0 Å². The summed E-state index contributed by atoms with van der Waals surface area (Å²) in [4.78, 5) is 10.9. The van der Waals surface area contributed by atoms with Gasteiger partial charge >= 0.3 is 6.03 Å². The summed E-state index contributed by atoms with van der Waals surface area (Å²) in [6.07, 6.45) is 0. The van der Waals surface area contributed by atoms with Crippen LogP contribution in [0.4, 0.5) is 4.79 Å². The Hall–Kier alpha value is -3.59. The average molecular weight is 334 g/mol. The molecule has 6 heteroatoms. The summed E-state index contributed by atoms with van der Waals surface area (Å²) in [6, 6.07) is 19.9. The summed E-state index contributed by atoms with van der Waals surface area (Å²) in [7, 11) is 0. The van der Waals surface area contributed by atoms with Crippen molar-refractivity contribution in [2.45, 2.75) is 6.92 Å². The zero-order valence-electron chi connectivity index (χ0n) is 13.8. The maximum atomic E-state index is 10.9. The molecule has 0 spiro atoms. The molecule has 0 heterocycles. The lowest BCUT2D eigenvalue weighted by Gasteiger charge is -2.11. The molecule has 0 aliphatic heterocycles. The third-order valence-electron chi connectivity index (χ3n) is 3.36. The topological polar surface area (TPSA) is 100 Å². The molecule has 0 atom stereocenters. The van der Waals surface area contributed by atoms with E-state index in [-0.39, 0.29) is 6.61 Å². The van der Waals surface area contributed by atoms with Crippen LogP contribution in [0, 0.1) is 11.3 Å². The molecule has 2 aromatic carbocycles. The number of hydrogen-bond donors (Lipinski definition) is 2. The Bertz CT molecular complexity index is 822. The fraction of sp³-hybridized carbons (Fsp3) is 0.105. The number of ether oxygens (including phenoxy) is 1. The Morgan fingerprint density at radius 1 is 1.12 bits per heavy atom. The number of rotatable bonds is 6. The number of carbonyl (C=O) groups is 1. The van der Waals surface area contributed by atoms with Gasteiger partial charge in [-0.2, -0.15) is 10.4 Å². The molecule has 0 aliphatic rings. The molecule has 0 unspecified atom stereocenters. The summed E-state index contributed by atoms with van der Waals surface area (Å²) in [5, 5.41) is 13.4. The van der Waals surface area contributed by atoms with E-state index in [1.54, 1.807) is 6.92 Å². The monoisotopic (exact) mass is 334 g/mol. The maximum absolute atomic E-state index is 10.9. The van der Waals surface area contributed by atoms with Gasteiger partial charge < -0.3 is 10.5 Å². The molecule has 0 fully saturated rings. The number of nitrogens with zero attached hydrogens (tertiary/aromatic N) is 2. The third-order valence-corrected chi connectivity index (χ3v) is 3.36. The molecule has 6 nitrogen and oxygen atoms in total. The van der Waals surface area contributed by atoms with E-state index in [0.29, 0.717) is 17.0 Å². The van der Waals surface area contributed by atoms with Gasteiger partial charge in [0.1, 0.15) is 24.1 Å². The quantitative estimate of drug-likeness (QED) is 0.367. The van der Waals surface area contributed by atoms with E-state index in [0.717, 1.165) is 11.1 Å². The number of allylic oxidation sites excluding steroid dienone is 2. The van der Waals surface area contributed by atoms with Gasteiger partial charge in [0.2, 0.25) is 0 Å². The second-order valence-corrected chi connectivity index (χ2v) is 5.10. The molecule has 3 N–H and O–H groups in total. The van der Waals surface area contributed by atoms with Crippen LogP contribution < -0.4 is 11.2 Å². The highest BCUT2D eigenvalue weighted by Crippen LogP contribution is 2.18. The lowest BCUT2D eigenvalue weighted by molar-refractivity contribution is 0.248. The van der Waals surface area contributed by atoms with Crippen LogP contribution in [0.25, 0.3) is 5.57 Å². The molecule has 0 bridgehead atoms. The molecule has 0 aliphatic carbocycles. The molecule has 0 radical (unpaired) electrons. The van der Waals surface area contributed by atoms with E-state index in [4.69, 9.17) is 10.5 Å². The zero-order chi connectivity index (χ0) is 18.1. The predicted octanol–water partition coefficient (Wildman–Crippen LogP) is 3.03. The van der Waals surface area contributed by atoms with Crippen molar-refractivity contribution in [3.63, 3.8) is 0 Å². The largest absolute Gasteiger partial charge is 0.490 e. The summed E-state index contributed by atoms with van der Waals surface area (Å²) in [6.45, 7) is 1.80. The van der Waals surface area contributed by atoms with Gasteiger partial charge in [0.05, 0.1) is 5.57 Å². The molecule has 0 saturated heterocycles. The van der Waals surface area contributed by atoms with Gasteiger partial charge in [0.25, 0.3) is 0 Å². The highest BCUT2D eigenvalue weighted by Gasteiger charge is 2.10. The number of carbonyl (C=O) groups excluding carboxylic acids is 1. The molecule has 2 rings (SSSR count). The fourth-order valence-corrected chi connectivity index (χ4v) is 2.13. The van der Waals surface area contributed by atoms with E-state index < -0.39 is 6.03 Å². The molecule has 0 aromatic heterocycles. The highest BCUT2D eigenvalue weighted by molar-refractivity contribution is 6.02. The number of hydrogen-bond acceptors (Lipinski definition) is 4. The second kappa shape index (κ2) is 8.89. The first-order valence-corrected chi connectivity index (χ1v) is 7.58. The predicted molar refractivity (Wildman–Crippen MR) is 96.3 cm³/mol. The van der Waals surface area contributed by atoms with Crippen LogP contribution in [0.1, 0.15) is 18.1 Å². The van der Waals surface area contributed by atoms with Crippen molar-refractivity contribution < 1.29 is 9.53 Å². The first kappa shape index (κ1) is 17.8. The first-order chi connectivity index (χ1) is 12.1. The molecule has 0 saturated carbocycles. The minimum Gasteiger partial charge on any atom is -0.490 e. The van der Waals surface area contributed by atoms with Crippen LogP contribution in [0.15, 0.2) is 71.5 Å². The van der Waals surface area contributed by atoms with Gasteiger partial charge in [0.15, 0.2) is 0 Å². The fourth-order valence-electron chi connectivity index (χ4n) is 2.13. The molecule has 126 valence electrons. The van der Waals surface area contributed by atoms with E-state index in [1.807, 2.05) is 60.7 Å². The summed E-state index contributed by atoms with van der Waals surface area (Å²) in [5.41, 5.74) is 9.76. The Kier molecular flexibility index (Phi) is 6.32. The van der Waals surface area contributed by atoms with Crippen LogP contribution in [0.2, 0.25) is 0 Å². The Morgan fingerprint density at radius 2 is 1.68 bits per heavy atom. The van der Waals surface area contributed by atoms with E-state index in [2.05, 4.69) is 16.6 Å². The van der Waals surface area contributed by atoms with Crippen molar-refractivity contribution in [3.8, 4) is 6.07 Å². The van der Waals surface area contributed by atoms with Crippen molar-refractivity contribution in [2.75, 3.05) is 6.61 Å². The number of hydrazone groups is 1. The third kappa shape index (κ3) is 5.22. The number of nitriles is 1. The number of primary amides is 1. The maximum Gasteiger partial charge on any atom is 0.332 e. The van der Waals surface area contributed by atoms with Gasteiger partial charge in [-0.05, 0) is 12.5 Å². The van der Waals surface area contributed by atoms with Crippen molar-refractivity contribution in [1.82, 2.24) is 5.43 Å². The summed E-state index contributed by atoms with van der Waals surface area (Å²) < 4.78 is 5.73. The standard InChI is InChI=1S/C19H18N4O2/c1-14(17(12-20)15-8-4-2-5-9-15)25-13-18(22-23-19(21)24)16-10-6-3-7-11-16/h2-11H,13H2,1H3,(H3,21,23,24)/b17-14-,22-18-. The minimum absolute atomic E-state index is 0.0775. The minimum atomic E-state index is -0.761. The molecular weight excluding hydrogens is 316 g/mol. The van der Waals surface area contributed by atoms with Crippen molar-refractivity contribution in [1.29, 1.82) is 5.26 Å². The van der Waals surface area contributed by atoms with E-state index in [9.17, 15) is 10.1 Å². The van der Waals surface area contributed by atoms with Crippen LogP contribution in [0.5, 0.6) is 0 Å². The van der Waals surface area contributed by atoms with Crippen LogP contribution in [-0.4, -0.2) is 18.3 Å². The smallest absolute Gasteiger partial charge is 0.332 e. The number of benzene rings is 2. The van der Waals surface area contributed by atoms with Gasteiger partial charge in [-0.3, -0.25) is 0 Å². The van der Waals surface area contributed by atoms with Crippen molar-refractivity contribution >= 4 is 17.3 Å². The molecule has 25 heavy (non-hydrogen) atoms. The second-order valence-electron chi connectivity index (χ2n) is 5.10. The highest BCUT2D eigenvalue weighted by atomic mass is 16.5. The Labute approximate surface area is 146 Å². The van der Waals surface area contributed by atoms with E-state index in [1.165, 1.54) is 0 Å². The molecule has 2 aromatic rings. The van der Waals surface area contributed by atoms with Gasteiger partial charge in [-0.25, -0.2) is 10.2 Å². The average Bonchev–Trinajstić information content (AvgIpc) is 2.64. The SMILES string of the molecule is C/C(OC/C(=N/NC(N)=O)c1ccccc1)=C(\C#N)c1ccccc1.